The molecule has 0 bridgehead atoms. The van der Waals surface area contributed by atoms with Crippen LogP contribution in [0.3, 0.4) is 0 Å². The molecule has 0 fully saturated rings. The van der Waals surface area contributed by atoms with E-state index in [4.69, 9.17) is 4.74 Å². The Hall–Kier alpha value is -4.20. The van der Waals surface area contributed by atoms with E-state index in [2.05, 4.69) is 20.6 Å². The molecule has 2 aromatic heterocycles. The van der Waals surface area contributed by atoms with E-state index in [-0.39, 0.29) is 40.3 Å². The highest BCUT2D eigenvalue weighted by molar-refractivity contribution is 7.84. The van der Waals surface area contributed by atoms with Gasteiger partial charge in [0.15, 0.2) is 11.2 Å². The van der Waals surface area contributed by atoms with Gasteiger partial charge in [0.25, 0.3) is 11.5 Å². The van der Waals surface area contributed by atoms with Crippen LogP contribution in [0.4, 0.5) is 5.69 Å². The van der Waals surface area contributed by atoms with Gasteiger partial charge in [0.05, 0.1) is 24.6 Å². The number of benzene rings is 1. The number of hydrogen-bond acceptors (Lipinski definition) is 9. The lowest BCUT2D eigenvalue weighted by atomic mass is 10.1. The first kappa shape index (κ1) is 26.4. The molecule has 0 aliphatic carbocycles. The Morgan fingerprint density at radius 1 is 1.14 bits per heavy atom. The summed E-state index contributed by atoms with van der Waals surface area (Å²) in [6.07, 6.45) is 2.55. The summed E-state index contributed by atoms with van der Waals surface area (Å²) < 4.78 is 18.3. The minimum absolute atomic E-state index is 0.00487. The van der Waals surface area contributed by atoms with E-state index in [1.165, 1.54) is 39.6 Å². The summed E-state index contributed by atoms with van der Waals surface area (Å²) in [4.78, 5) is 70.7. The van der Waals surface area contributed by atoms with E-state index in [1.807, 2.05) is 0 Å². The maximum absolute atomic E-state index is 13.0. The lowest BCUT2D eigenvalue weighted by Crippen LogP contribution is -2.45. The summed E-state index contributed by atoms with van der Waals surface area (Å²) in [6, 6.07) is 5.01. The van der Waals surface area contributed by atoms with Gasteiger partial charge >= 0.3 is 11.7 Å². The molecule has 2 N–H and O–H groups in total. The number of nitrogens with zero attached hydrogens (tertiary/aromatic N) is 4. The number of hydrogen-bond donors (Lipinski definition) is 2. The molecule has 190 valence electrons. The highest BCUT2D eigenvalue weighted by Crippen LogP contribution is 2.17. The number of aryl methyl sites for hydroxylation is 1. The lowest BCUT2D eigenvalue weighted by molar-refractivity contribution is -0.118. The molecule has 13 nitrogen and oxygen atoms in total. The fourth-order valence-electron chi connectivity index (χ4n) is 3.33. The predicted molar refractivity (Wildman–Crippen MR) is 131 cm³/mol. The maximum atomic E-state index is 13.0. The van der Waals surface area contributed by atoms with Crippen molar-refractivity contribution in [1.29, 1.82) is 0 Å². The van der Waals surface area contributed by atoms with E-state index in [1.54, 1.807) is 12.1 Å². The third kappa shape index (κ3) is 5.54. The predicted octanol–water partition coefficient (Wildman–Crippen LogP) is -0.680. The van der Waals surface area contributed by atoms with Crippen molar-refractivity contribution in [3.63, 3.8) is 0 Å². The summed E-state index contributed by atoms with van der Waals surface area (Å²) in [5.41, 5.74) is -1.52. The van der Waals surface area contributed by atoms with Gasteiger partial charge in [0, 0.05) is 36.9 Å². The second kappa shape index (κ2) is 11.0. The number of fused-ring (bicyclic) bond motifs is 1. The van der Waals surface area contributed by atoms with Crippen LogP contribution in [0.25, 0.3) is 11.2 Å². The minimum Gasteiger partial charge on any atom is -0.465 e. The van der Waals surface area contributed by atoms with Crippen molar-refractivity contribution in [2.75, 3.05) is 24.4 Å². The summed E-state index contributed by atoms with van der Waals surface area (Å²) in [5, 5.41) is 5.10. The Bertz CT molecular complexity index is 1500. The fraction of sp³-hybridized carbons (Fsp3) is 0.318. The Balaban J connectivity index is 1.91. The molecule has 0 aliphatic rings. The van der Waals surface area contributed by atoms with Crippen LogP contribution in [0.5, 0.6) is 0 Å². The number of nitrogens with one attached hydrogen (secondary N) is 2. The number of ether oxygens (including phenoxy) is 1. The number of para-hydroxylation sites is 1. The summed E-state index contributed by atoms with van der Waals surface area (Å²) >= 11 is 0. The van der Waals surface area contributed by atoms with Crippen LogP contribution in [0.1, 0.15) is 27.3 Å². The molecule has 0 aliphatic heterocycles. The van der Waals surface area contributed by atoms with Gasteiger partial charge in [-0.05, 0) is 18.6 Å². The average molecular weight is 517 g/mol. The molecule has 3 aromatic rings. The normalized spacial score (nSPS) is 12.6. The Morgan fingerprint density at radius 3 is 2.50 bits per heavy atom. The number of methoxy groups -OCH3 is 1. The molecule has 0 saturated carbocycles. The van der Waals surface area contributed by atoms with Crippen LogP contribution in [-0.4, -0.2) is 66.3 Å². The van der Waals surface area contributed by atoms with Crippen molar-refractivity contribution >= 4 is 45.4 Å². The Morgan fingerprint density at radius 2 is 1.83 bits per heavy atom. The van der Waals surface area contributed by atoms with Gasteiger partial charge in [-0.1, -0.05) is 12.1 Å². The van der Waals surface area contributed by atoms with Crippen LogP contribution in [0.2, 0.25) is 0 Å². The van der Waals surface area contributed by atoms with Crippen molar-refractivity contribution in [2.45, 2.75) is 12.5 Å². The molecular formula is C22H24N6O7S. The second-order valence-corrected chi connectivity index (χ2v) is 9.31. The van der Waals surface area contributed by atoms with Gasteiger partial charge < -0.3 is 15.4 Å². The zero-order chi connectivity index (χ0) is 26.6. The van der Waals surface area contributed by atoms with Crippen molar-refractivity contribution in [1.82, 2.24) is 24.4 Å². The SMILES string of the molecule is COC(=O)c1ccccc1NC(=O)C(CCS(C)=O)NC(=O)c1cnc2c(n1)c(=O)n(C)c(=O)n2C. The van der Waals surface area contributed by atoms with E-state index in [9.17, 15) is 28.2 Å². The number of amides is 2. The molecule has 2 unspecified atom stereocenters. The van der Waals surface area contributed by atoms with Crippen molar-refractivity contribution in [2.24, 2.45) is 14.1 Å². The third-order valence-corrected chi connectivity index (χ3v) is 6.10. The zero-order valence-electron chi connectivity index (χ0n) is 19.9. The number of carbonyl (C=O) groups is 3. The molecule has 0 saturated heterocycles. The molecule has 2 amide bonds. The highest BCUT2D eigenvalue weighted by atomic mass is 32.2. The van der Waals surface area contributed by atoms with E-state index >= 15 is 0 Å². The first-order valence-electron chi connectivity index (χ1n) is 10.6. The third-order valence-electron chi connectivity index (χ3n) is 5.29. The molecule has 1 aromatic carbocycles. The van der Waals surface area contributed by atoms with Gasteiger partial charge in [-0.15, -0.1) is 0 Å². The Kier molecular flexibility index (Phi) is 8.09. The van der Waals surface area contributed by atoms with Gasteiger partial charge in [-0.25, -0.2) is 19.6 Å². The van der Waals surface area contributed by atoms with Crippen LogP contribution in [-0.2, 0) is 34.4 Å². The quantitative estimate of drug-likeness (QED) is 0.368. The van der Waals surface area contributed by atoms with E-state index in [0.717, 1.165) is 15.3 Å². The fourth-order valence-corrected chi connectivity index (χ4v) is 3.89. The molecule has 36 heavy (non-hydrogen) atoms. The largest absolute Gasteiger partial charge is 0.465 e. The smallest absolute Gasteiger partial charge is 0.339 e. The van der Waals surface area contributed by atoms with Crippen LogP contribution >= 0.6 is 0 Å². The standard InChI is InChI=1S/C22H24N6O7S/c1-27-17-16(20(31)28(2)22(27)33)24-15(11-23-17)19(30)26-14(9-10-36(4)34)18(29)25-13-8-6-5-7-12(13)21(32)35-3/h5-8,11,14H,9-10H2,1-4H3,(H,25,29)(H,26,30). The summed E-state index contributed by atoms with van der Waals surface area (Å²) in [7, 11) is 2.63. The van der Waals surface area contributed by atoms with Crippen molar-refractivity contribution < 1.29 is 23.3 Å². The van der Waals surface area contributed by atoms with Crippen LogP contribution in [0.15, 0.2) is 40.1 Å². The summed E-state index contributed by atoms with van der Waals surface area (Å²) in [6.45, 7) is 0. The molecule has 0 radical (unpaired) electrons. The molecular weight excluding hydrogens is 492 g/mol. The van der Waals surface area contributed by atoms with Gasteiger partial charge in [-0.2, -0.15) is 0 Å². The van der Waals surface area contributed by atoms with E-state index < -0.39 is 45.9 Å². The number of rotatable bonds is 8. The highest BCUT2D eigenvalue weighted by Gasteiger charge is 2.25. The number of anilines is 1. The topological polar surface area (TPSA) is 171 Å². The molecule has 14 heteroatoms. The Labute approximate surface area is 207 Å². The second-order valence-electron chi connectivity index (χ2n) is 7.75. The molecule has 2 atom stereocenters. The van der Waals surface area contributed by atoms with Gasteiger partial charge in [-0.3, -0.25) is 27.7 Å². The number of esters is 1. The molecule has 3 rings (SSSR count). The van der Waals surface area contributed by atoms with Crippen LogP contribution < -0.4 is 21.9 Å². The first-order valence-corrected chi connectivity index (χ1v) is 12.3. The van der Waals surface area contributed by atoms with E-state index in [0.29, 0.717) is 0 Å². The monoisotopic (exact) mass is 516 g/mol. The number of carbonyl (C=O) groups excluding carboxylic acids is 3. The summed E-state index contributed by atoms with van der Waals surface area (Å²) in [5.74, 6) is -2.05. The van der Waals surface area contributed by atoms with Gasteiger partial charge in [0.1, 0.15) is 11.7 Å². The van der Waals surface area contributed by atoms with Crippen LogP contribution in [0, 0.1) is 0 Å². The van der Waals surface area contributed by atoms with Gasteiger partial charge in [0.2, 0.25) is 5.91 Å². The lowest BCUT2D eigenvalue weighted by Gasteiger charge is -2.19. The molecule has 0 spiro atoms. The molecule has 2 heterocycles. The average Bonchev–Trinajstić information content (AvgIpc) is 2.87. The number of aromatic nitrogens is 4. The zero-order valence-corrected chi connectivity index (χ0v) is 20.7. The first-order chi connectivity index (χ1) is 17.0. The maximum Gasteiger partial charge on any atom is 0.339 e. The van der Waals surface area contributed by atoms with Crippen molar-refractivity contribution in [3.8, 4) is 0 Å². The minimum atomic E-state index is -1.26. The van der Waals surface area contributed by atoms with Crippen molar-refractivity contribution in [3.05, 3.63) is 62.6 Å².